The molecule has 2 amide bonds. The standard InChI is InChI=1S/C17H10ClNO4/c18-10-6-5-9-7-14(13(9)8-10)17(22)23-19-15(20)11-3-1-2-4-12(11)16(19)21/h1-6,8,14H,7H2. The average Bonchev–Trinajstić information content (AvgIpc) is 2.76. The van der Waals surface area contributed by atoms with Crippen LogP contribution in [0.3, 0.4) is 0 Å². The van der Waals surface area contributed by atoms with E-state index in [-0.39, 0.29) is 11.1 Å². The molecule has 0 N–H and O–H groups in total. The minimum absolute atomic E-state index is 0.238. The Morgan fingerprint density at radius 1 is 1.09 bits per heavy atom. The molecule has 0 bridgehead atoms. The topological polar surface area (TPSA) is 63.7 Å². The number of hydroxylamine groups is 2. The van der Waals surface area contributed by atoms with Crippen molar-refractivity contribution in [2.24, 2.45) is 0 Å². The number of amides is 2. The van der Waals surface area contributed by atoms with Gasteiger partial charge < -0.3 is 4.84 Å². The highest BCUT2D eigenvalue weighted by molar-refractivity contribution is 6.30. The number of imide groups is 1. The highest BCUT2D eigenvalue weighted by Gasteiger charge is 2.42. The van der Waals surface area contributed by atoms with Gasteiger partial charge in [0.1, 0.15) is 0 Å². The second kappa shape index (κ2) is 4.93. The van der Waals surface area contributed by atoms with Crippen molar-refractivity contribution < 1.29 is 19.2 Å². The lowest BCUT2D eigenvalue weighted by Crippen LogP contribution is -2.37. The third kappa shape index (κ3) is 2.04. The van der Waals surface area contributed by atoms with Gasteiger partial charge >= 0.3 is 5.97 Å². The number of halogens is 1. The van der Waals surface area contributed by atoms with Gasteiger partial charge in [0.2, 0.25) is 0 Å². The van der Waals surface area contributed by atoms with Gasteiger partial charge in [0.15, 0.2) is 0 Å². The van der Waals surface area contributed by atoms with Gasteiger partial charge in [-0.3, -0.25) is 9.59 Å². The molecule has 4 rings (SSSR count). The van der Waals surface area contributed by atoms with Gasteiger partial charge in [0.25, 0.3) is 11.8 Å². The van der Waals surface area contributed by atoms with Crippen molar-refractivity contribution in [2.45, 2.75) is 12.3 Å². The van der Waals surface area contributed by atoms with Crippen LogP contribution in [0, 0.1) is 0 Å². The first-order valence-electron chi connectivity index (χ1n) is 7.04. The third-order valence-electron chi connectivity index (χ3n) is 4.13. The predicted octanol–water partition coefficient (Wildman–Crippen LogP) is 2.73. The van der Waals surface area contributed by atoms with Crippen molar-refractivity contribution in [3.05, 3.63) is 69.7 Å². The molecule has 0 fully saturated rings. The summed E-state index contributed by atoms with van der Waals surface area (Å²) in [5.74, 6) is -2.38. The molecule has 2 aliphatic rings. The quantitative estimate of drug-likeness (QED) is 0.796. The minimum atomic E-state index is -0.630. The zero-order valence-corrected chi connectivity index (χ0v) is 12.5. The highest BCUT2D eigenvalue weighted by Crippen LogP contribution is 2.38. The maximum absolute atomic E-state index is 12.3. The second-order valence-electron chi connectivity index (χ2n) is 5.46. The van der Waals surface area contributed by atoms with Crippen molar-refractivity contribution in [3.8, 4) is 0 Å². The van der Waals surface area contributed by atoms with Gasteiger partial charge in [-0.1, -0.05) is 34.9 Å². The molecule has 2 aromatic rings. The van der Waals surface area contributed by atoms with Crippen LogP contribution >= 0.6 is 11.6 Å². The Morgan fingerprint density at radius 3 is 2.39 bits per heavy atom. The number of carbonyl (C=O) groups excluding carboxylic acids is 3. The van der Waals surface area contributed by atoms with Crippen LogP contribution in [0.4, 0.5) is 0 Å². The second-order valence-corrected chi connectivity index (χ2v) is 5.90. The van der Waals surface area contributed by atoms with Crippen molar-refractivity contribution in [3.63, 3.8) is 0 Å². The van der Waals surface area contributed by atoms with Crippen LogP contribution in [0.1, 0.15) is 37.8 Å². The first-order valence-corrected chi connectivity index (χ1v) is 7.42. The molecule has 1 atom stereocenters. The van der Waals surface area contributed by atoms with Crippen LogP contribution in [-0.2, 0) is 16.1 Å². The zero-order valence-electron chi connectivity index (χ0n) is 11.8. The Morgan fingerprint density at radius 2 is 1.74 bits per heavy atom. The summed E-state index contributed by atoms with van der Waals surface area (Å²) >= 11 is 5.93. The summed E-state index contributed by atoms with van der Waals surface area (Å²) in [6.07, 6.45) is 0.508. The van der Waals surface area contributed by atoms with E-state index in [0.717, 1.165) is 11.1 Å². The van der Waals surface area contributed by atoms with Gasteiger partial charge in [-0.15, -0.1) is 0 Å². The van der Waals surface area contributed by atoms with Crippen molar-refractivity contribution in [2.75, 3.05) is 0 Å². The Balaban J connectivity index is 1.55. The molecule has 23 heavy (non-hydrogen) atoms. The maximum atomic E-state index is 12.3. The highest BCUT2D eigenvalue weighted by atomic mass is 35.5. The van der Waals surface area contributed by atoms with Crippen LogP contribution in [0.15, 0.2) is 42.5 Å². The van der Waals surface area contributed by atoms with Crippen molar-refractivity contribution in [1.29, 1.82) is 0 Å². The third-order valence-corrected chi connectivity index (χ3v) is 4.37. The lowest BCUT2D eigenvalue weighted by molar-refractivity contribution is -0.171. The van der Waals surface area contributed by atoms with E-state index in [1.54, 1.807) is 24.3 Å². The predicted molar refractivity (Wildman–Crippen MR) is 80.9 cm³/mol. The molecule has 114 valence electrons. The number of rotatable bonds is 2. The number of hydrogen-bond acceptors (Lipinski definition) is 4. The molecule has 1 unspecified atom stereocenters. The zero-order chi connectivity index (χ0) is 16.1. The summed E-state index contributed by atoms with van der Waals surface area (Å²) in [5.41, 5.74) is 2.27. The molecule has 0 saturated carbocycles. The summed E-state index contributed by atoms with van der Waals surface area (Å²) in [5, 5.41) is 1.07. The summed E-state index contributed by atoms with van der Waals surface area (Å²) < 4.78 is 0. The SMILES string of the molecule is O=C(ON1C(=O)c2ccccc2C1=O)C1Cc2ccc(Cl)cc21. The Bertz CT molecular complexity index is 842. The first-order chi connectivity index (χ1) is 11.1. The van der Waals surface area contributed by atoms with Gasteiger partial charge in [0, 0.05) is 5.02 Å². The Hall–Kier alpha value is -2.66. The largest absolute Gasteiger partial charge is 0.340 e. The maximum Gasteiger partial charge on any atom is 0.340 e. The van der Waals surface area contributed by atoms with Crippen LogP contribution in [0.2, 0.25) is 5.02 Å². The molecule has 0 aromatic heterocycles. The lowest BCUT2D eigenvalue weighted by atomic mass is 9.78. The molecule has 1 aliphatic carbocycles. The lowest BCUT2D eigenvalue weighted by Gasteiger charge is -2.29. The fraction of sp³-hybridized carbons (Fsp3) is 0.118. The van der Waals surface area contributed by atoms with E-state index >= 15 is 0 Å². The number of carbonyl (C=O) groups is 3. The monoisotopic (exact) mass is 327 g/mol. The summed E-state index contributed by atoms with van der Waals surface area (Å²) in [7, 11) is 0. The minimum Gasteiger partial charge on any atom is -0.329 e. The number of fused-ring (bicyclic) bond motifs is 2. The summed E-state index contributed by atoms with van der Waals surface area (Å²) in [6.45, 7) is 0. The van der Waals surface area contributed by atoms with E-state index in [1.165, 1.54) is 12.1 Å². The molecular formula is C17H10ClNO4. The van der Waals surface area contributed by atoms with Crippen LogP contribution in [-0.4, -0.2) is 22.8 Å². The normalized spacial score (nSPS) is 18.3. The van der Waals surface area contributed by atoms with E-state index < -0.39 is 23.7 Å². The summed E-state index contributed by atoms with van der Waals surface area (Å²) in [6, 6.07) is 11.7. The molecule has 5 nitrogen and oxygen atoms in total. The van der Waals surface area contributed by atoms with Crippen molar-refractivity contribution >= 4 is 29.4 Å². The van der Waals surface area contributed by atoms with E-state index in [2.05, 4.69) is 0 Å². The van der Waals surface area contributed by atoms with Gasteiger partial charge in [0.05, 0.1) is 17.0 Å². The van der Waals surface area contributed by atoms with E-state index in [0.29, 0.717) is 16.5 Å². The number of benzene rings is 2. The van der Waals surface area contributed by atoms with Crippen LogP contribution < -0.4 is 0 Å². The van der Waals surface area contributed by atoms with E-state index in [9.17, 15) is 14.4 Å². The Labute approximate surface area is 136 Å². The fourth-order valence-electron chi connectivity index (χ4n) is 2.89. The molecule has 6 heteroatoms. The smallest absolute Gasteiger partial charge is 0.329 e. The van der Waals surface area contributed by atoms with Crippen LogP contribution in [0.25, 0.3) is 0 Å². The number of nitrogens with zero attached hydrogens (tertiary/aromatic N) is 1. The van der Waals surface area contributed by atoms with E-state index in [4.69, 9.17) is 16.4 Å². The molecule has 0 spiro atoms. The number of hydrogen-bond donors (Lipinski definition) is 0. The average molecular weight is 328 g/mol. The van der Waals surface area contributed by atoms with Crippen molar-refractivity contribution in [1.82, 2.24) is 5.06 Å². The fourth-order valence-corrected chi connectivity index (χ4v) is 3.07. The van der Waals surface area contributed by atoms with Gasteiger partial charge in [-0.05, 0) is 41.8 Å². The molecule has 1 aliphatic heterocycles. The van der Waals surface area contributed by atoms with E-state index in [1.807, 2.05) is 6.07 Å². The Kier molecular flexibility index (Phi) is 2.99. The molecule has 0 radical (unpaired) electrons. The first kappa shape index (κ1) is 14.0. The molecule has 0 saturated heterocycles. The van der Waals surface area contributed by atoms with Gasteiger partial charge in [-0.2, -0.15) is 0 Å². The van der Waals surface area contributed by atoms with Gasteiger partial charge in [-0.25, -0.2) is 4.79 Å². The molecular weight excluding hydrogens is 318 g/mol. The molecule has 1 heterocycles. The molecule has 2 aromatic carbocycles. The summed E-state index contributed by atoms with van der Waals surface area (Å²) in [4.78, 5) is 41.7. The van der Waals surface area contributed by atoms with Crippen LogP contribution in [0.5, 0.6) is 0 Å².